The molecule has 0 aromatic carbocycles. The summed E-state index contributed by atoms with van der Waals surface area (Å²) in [7, 11) is 0. The molecule has 1 fully saturated rings. The molecule has 1 aliphatic heterocycles. The van der Waals surface area contributed by atoms with Crippen LogP contribution in [0.4, 0.5) is 0 Å². The Morgan fingerprint density at radius 3 is 2.50 bits per heavy atom. The number of aliphatic hydroxyl groups excluding tert-OH is 1. The van der Waals surface area contributed by atoms with Crippen LogP contribution in [0.2, 0.25) is 0 Å². The third kappa shape index (κ3) is 5.49. The molecule has 0 saturated carbocycles. The Morgan fingerprint density at radius 1 is 1.28 bits per heavy atom. The van der Waals surface area contributed by atoms with E-state index in [0.717, 1.165) is 38.9 Å². The second kappa shape index (κ2) is 8.08. The van der Waals surface area contributed by atoms with Gasteiger partial charge in [0.2, 0.25) is 11.8 Å². The van der Waals surface area contributed by atoms with Crippen LogP contribution in [-0.4, -0.2) is 48.1 Å². The van der Waals surface area contributed by atoms with Crippen molar-refractivity contribution in [2.45, 2.75) is 39.0 Å². The summed E-state index contributed by atoms with van der Waals surface area (Å²) in [4.78, 5) is 24.5. The number of hydrogen-bond acceptors (Lipinski definition) is 3. The molecule has 1 heterocycles. The maximum Gasteiger partial charge on any atom is 0.222 e. The van der Waals surface area contributed by atoms with Gasteiger partial charge in [-0.3, -0.25) is 9.59 Å². The van der Waals surface area contributed by atoms with E-state index in [-0.39, 0.29) is 18.4 Å². The molecule has 0 aromatic rings. The van der Waals surface area contributed by atoms with E-state index in [1.165, 1.54) is 6.92 Å². The Kier molecular flexibility index (Phi) is 6.72. The molecule has 0 aliphatic carbocycles. The molecule has 0 radical (unpaired) electrons. The quantitative estimate of drug-likeness (QED) is 0.681. The Bertz CT molecular complexity index is 273. The monoisotopic (exact) mass is 256 g/mol. The smallest absolute Gasteiger partial charge is 0.222 e. The van der Waals surface area contributed by atoms with Crippen molar-refractivity contribution in [3.8, 4) is 0 Å². The Balaban J connectivity index is 2.17. The van der Waals surface area contributed by atoms with Crippen molar-refractivity contribution in [2.24, 2.45) is 5.92 Å². The average molecular weight is 256 g/mol. The number of piperidine rings is 1. The lowest BCUT2D eigenvalue weighted by Crippen LogP contribution is -2.41. The van der Waals surface area contributed by atoms with Gasteiger partial charge in [-0.25, -0.2) is 0 Å². The highest BCUT2D eigenvalue weighted by atomic mass is 16.3. The van der Waals surface area contributed by atoms with Gasteiger partial charge in [0.1, 0.15) is 0 Å². The van der Waals surface area contributed by atoms with Gasteiger partial charge < -0.3 is 15.3 Å². The summed E-state index contributed by atoms with van der Waals surface area (Å²) in [5, 5.41) is 11.5. The van der Waals surface area contributed by atoms with Gasteiger partial charge in [-0.1, -0.05) is 0 Å². The summed E-state index contributed by atoms with van der Waals surface area (Å²) in [6.45, 7) is 4.00. The van der Waals surface area contributed by atoms with E-state index in [0.29, 0.717) is 18.8 Å². The van der Waals surface area contributed by atoms with Crippen molar-refractivity contribution < 1.29 is 14.7 Å². The van der Waals surface area contributed by atoms with Gasteiger partial charge in [0.25, 0.3) is 0 Å². The SMILES string of the molecule is CC(=O)NCC1CCN(C(=O)CCCCO)CC1. The van der Waals surface area contributed by atoms with E-state index in [9.17, 15) is 9.59 Å². The van der Waals surface area contributed by atoms with Crippen LogP contribution >= 0.6 is 0 Å². The first-order chi connectivity index (χ1) is 8.63. The lowest BCUT2D eigenvalue weighted by molar-refractivity contribution is -0.133. The fourth-order valence-electron chi connectivity index (χ4n) is 2.22. The molecule has 2 N–H and O–H groups in total. The lowest BCUT2D eigenvalue weighted by atomic mass is 9.96. The molecule has 5 heteroatoms. The lowest BCUT2D eigenvalue weighted by Gasteiger charge is -2.32. The molecular weight excluding hydrogens is 232 g/mol. The van der Waals surface area contributed by atoms with Crippen LogP contribution in [0.15, 0.2) is 0 Å². The molecule has 5 nitrogen and oxygen atoms in total. The van der Waals surface area contributed by atoms with Crippen molar-refractivity contribution in [1.82, 2.24) is 10.2 Å². The minimum atomic E-state index is 0.0116. The summed E-state index contributed by atoms with van der Waals surface area (Å²) >= 11 is 0. The highest BCUT2D eigenvalue weighted by molar-refractivity contribution is 5.76. The van der Waals surface area contributed by atoms with Crippen LogP contribution in [0.3, 0.4) is 0 Å². The van der Waals surface area contributed by atoms with Crippen molar-refractivity contribution in [2.75, 3.05) is 26.2 Å². The number of nitrogens with one attached hydrogen (secondary N) is 1. The number of unbranched alkanes of at least 4 members (excludes halogenated alkanes) is 1. The second-order valence-electron chi connectivity index (χ2n) is 4.94. The van der Waals surface area contributed by atoms with Gasteiger partial charge in [0.15, 0.2) is 0 Å². The number of hydrogen-bond donors (Lipinski definition) is 2. The molecule has 0 spiro atoms. The summed E-state index contributed by atoms with van der Waals surface area (Å²) in [5.74, 6) is 0.703. The highest BCUT2D eigenvalue weighted by Crippen LogP contribution is 2.17. The van der Waals surface area contributed by atoms with E-state index in [1.807, 2.05) is 4.90 Å². The average Bonchev–Trinajstić information content (AvgIpc) is 2.37. The van der Waals surface area contributed by atoms with Gasteiger partial charge in [-0.05, 0) is 31.6 Å². The first-order valence-electron chi connectivity index (χ1n) is 6.76. The largest absolute Gasteiger partial charge is 0.396 e. The Labute approximate surface area is 109 Å². The summed E-state index contributed by atoms with van der Waals surface area (Å²) in [6, 6.07) is 0. The zero-order valence-electron chi connectivity index (χ0n) is 11.2. The van der Waals surface area contributed by atoms with E-state index >= 15 is 0 Å². The Morgan fingerprint density at radius 2 is 1.94 bits per heavy atom. The highest BCUT2D eigenvalue weighted by Gasteiger charge is 2.22. The van der Waals surface area contributed by atoms with Gasteiger partial charge in [-0.2, -0.15) is 0 Å². The molecule has 0 aromatic heterocycles. The van der Waals surface area contributed by atoms with Crippen molar-refractivity contribution in [3.05, 3.63) is 0 Å². The van der Waals surface area contributed by atoms with Crippen LogP contribution < -0.4 is 5.32 Å². The molecule has 0 bridgehead atoms. The normalized spacial score (nSPS) is 16.7. The molecule has 104 valence electrons. The van der Waals surface area contributed by atoms with Crippen LogP contribution in [0.1, 0.15) is 39.0 Å². The van der Waals surface area contributed by atoms with Crippen LogP contribution in [0.5, 0.6) is 0 Å². The maximum absolute atomic E-state index is 11.8. The minimum absolute atomic E-state index is 0.0116. The maximum atomic E-state index is 11.8. The first-order valence-corrected chi connectivity index (χ1v) is 6.76. The summed E-state index contributed by atoms with van der Waals surface area (Å²) < 4.78 is 0. The van der Waals surface area contributed by atoms with Crippen molar-refractivity contribution >= 4 is 11.8 Å². The van der Waals surface area contributed by atoms with E-state index in [1.54, 1.807) is 0 Å². The van der Waals surface area contributed by atoms with Crippen molar-refractivity contribution in [1.29, 1.82) is 0 Å². The molecule has 1 rings (SSSR count). The number of carbonyl (C=O) groups is 2. The molecule has 18 heavy (non-hydrogen) atoms. The van der Waals surface area contributed by atoms with Gasteiger partial charge in [0, 0.05) is 39.6 Å². The molecule has 1 aliphatic rings. The predicted octanol–water partition coefficient (Wildman–Crippen LogP) is 0.524. The molecule has 0 atom stereocenters. The molecule has 1 saturated heterocycles. The van der Waals surface area contributed by atoms with E-state index in [2.05, 4.69) is 5.32 Å². The van der Waals surface area contributed by atoms with E-state index in [4.69, 9.17) is 5.11 Å². The fraction of sp³-hybridized carbons (Fsp3) is 0.846. The first kappa shape index (κ1) is 15.0. The molecule has 0 unspecified atom stereocenters. The third-order valence-electron chi connectivity index (χ3n) is 3.41. The Hall–Kier alpha value is -1.10. The number of nitrogens with zero attached hydrogens (tertiary/aromatic N) is 1. The topological polar surface area (TPSA) is 69.6 Å². The van der Waals surface area contributed by atoms with Gasteiger partial charge in [0.05, 0.1) is 0 Å². The number of rotatable bonds is 6. The number of aliphatic hydroxyl groups is 1. The third-order valence-corrected chi connectivity index (χ3v) is 3.41. The summed E-state index contributed by atoms with van der Waals surface area (Å²) in [5.41, 5.74) is 0. The number of amides is 2. The van der Waals surface area contributed by atoms with Crippen LogP contribution in [0, 0.1) is 5.92 Å². The zero-order valence-corrected chi connectivity index (χ0v) is 11.2. The number of carbonyl (C=O) groups excluding carboxylic acids is 2. The van der Waals surface area contributed by atoms with Crippen LogP contribution in [0.25, 0.3) is 0 Å². The minimum Gasteiger partial charge on any atom is -0.396 e. The second-order valence-corrected chi connectivity index (χ2v) is 4.94. The molecule has 2 amide bonds. The number of likely N-dealkylation sites (tertiary alicyclic amines) is 1. The fourth-order valence-corrected chi connectivity index (χ4v) is 2.22. The van der Waals surface area contributed by atoms with E-state index < -0.39 is 0 Å². The van der Waals surface area contributed by atoms with Gasteiger partial charge >= 0.3 is 0 Å². The van der Waals surface area contributed by atoms with Crippen molar-refractivity contribution in [3.63, 3.8) is 0 Å². The molecular formula is C13H24N2O3. The predicted molar refractivity (Wildman–Crippen MR) is 68.9 cm³/mol. The standard InChI is InChI=1S/C13H24N2O3/c1-11(17)14-10-12-5-7-15(8-6-12)13(18)4-2-3-9-16/h12,16H,2-10H2,1H3,(H,14,17). The zero-order chi connectivity index (χ0) is 13.4. The van der Waals surface area contributed by atoms with Gasteiger partial charge in [-0.15, -0.1) is 0 Å². The summed E-state index contributed by atoms with van der Waals surface area (Å²) in [6.07, 6.45) is 3.93. The van der Waals surface area contributed by atoms with Crippen LogP contribution in [-0.2, 0) is 9.59 Å².